The van der Waals surface area contributed by atoms with E-state index in [-0.39, 0.29) is 0 Å². The van der Waals surface area contributed by atoms with Crippen LogP contribution in [0, 0.1) is 5.92 Å². The molecular weight excluding hydrogens is 278 g/mol. The van der Waals surface area contributed by atoms with Crippen LogP contribution in [0.25, 0.3) is 0 Å². The van der Waals surface area contributed by atoms with Gasteiger partial charge in [-0.3, -0.25) is 0 Å². The summed E-state index contributed by atoms with van der Waals surface area (Å²) in [6.45, 7) is -1.26. The van der Waals surface area contributed by atoms with Crippen molar-refractivity contribution in [3.8, 4) is 0 Å². The van der Waals surface area contributed by atoms with E-state index in [2.05, 4.69) is 34.3 Å². The van der Waals surface area contributed by atoms with Crippen LogP contribution in [0.4, 0.5) is 0 Å². The molecule has 0 bridgehead atoms. The molecule has 0 amide bonds. The number of hydrogen-bond acceptors (Lipinski definition) is 4. The predicted octanol–water partition coefficient (Wildman–Crippen LogP) is 3.11. The van der Waals surface area contributed by atoms with E-state index in [1.807, 2.05) is 36.4 Å². The first-order valence-corrected chi connectivity index (χ1v) is 7.45. The van der Waals surface area contributed by atoms with Gasteiger partial charge in [-0.05, 0) is 35.0 Å². The summed E-state index contributed by atoms with van der Waals surface area (Å²) in [5.41, 5.74) is 2.56. The Hall–Kier alpha value is -2.33. The maximum Gasteiger partial charge on any atom is 0.381 e. The highest BCUT2D eigenvalue weighted by atomic mass is 16.9. The fourth-order valence-corrected chi connectivity index (χ4v) is 2.71. The topological polar surface area (TPSA) is 51.0 Å². The minimum atomic E-state index is -1.26. The summed E-state index contributed by atoms with van der Waals surface area (Å²) in [4.78, 5) is 4.69. The molecule has 0 aliphatic carbocycles. The second kappa shape index (κ2) is 7.09. The molecule has 2 aromatic carbocycles. The second-order valence-corrected chi connectivity index (χ2v) is 5.46. The van der Waals surface area contributed by atoms with E-state index < -0.39 is 6.48 Å². The van der Waals surface area contributed by atoms with Crippen molar-refractivity contribution in [1.82, 2.24) is 0 Å². The van der Waals surface area contributed by atoms with Crippen LogP contribution in [-0.2, 0) is 22.4 Å². The van der Waals surface area contributed by atoms with Crippen LogP contribution in [0.2, 0.25) is 0 Å². The highest BCUT2D eigenvalue weighted by Crippen LogP contribution is 2.21. The number of benzene rings is 2. The van der Waals surface area contributed by atoms with Crippen LogP contribution >= 0.6 is 0 Å². The third-order valence-corrected chi connectivity index (χ3v) is 3.68. The molecule has 2 aromatic rings. The maximum absolute atomic E-state index is 9.23. The Bertz CT molecular complexity index is 571. The summed E-state index contributed by atoms with van der Waals surface area (Å²) < 4.78 is 5.15. The first-order chi connectivity index (χ1) is 10.8. The Morgan fingerprint density at radius 2 is 1.41 bits per heavy atom. The molecule has 0 saturated carbocycles. The summed E-state index contributed by atoms with van der Waals surface area (Å²) in [5, 5.41) is 13.0. The van der Waals surface area contributed by atoms with Gasteiger partial charge in [0.05, 0.1) is 0 Å². The van der Waals surface area contributed by atoms with Crippen LogP contribution in [0.5, 0.6) is 0 Å². The van der Waals surface area contributed by atoms with Gasteiger partial charge in [0.2, 0.25) is 5.90 Å². The Morgan fingerprint density at radius 3 is 1.86 bits per heavy atom. The molecule has 22 heavy (non-hydrogen) atoms. The number of aliphatic hydroxyl groups excluding tert-OH is 1. The van der Waals surface area contributed by atoms with Crippen molar-refractivity contribution >= 4 is 5.90 Å². The number of oxime groups is 1. The Kier molecular flexibility index (Phi) is 4.71. The highest BCUT2D eigenvalue weighted by molar-refractivity contribution is 5.76. The smallest absolute Gasteiger partial charge is 0.381 e. The van der Waals surface area contributed by atoms with Gasteiger partial charge in [-0.1, -0.05) is 60.7 Å². The van der Waals surface area contributed by atoms with E-state index in [1.54, 1.807) is 0 Å². The molecule has 0 saturated heterocycles. The highest BCUT2D eigenvalue weighted by Gasteiger charge is 2.23. The number of rotatable bonds is 6. The Balaban J connectivity index is 1.70. The van der Waals surface area contributed by atoms with Gasteiger partial charge in [-0.2, -0.15) is 0 Å². The summed E-state index contributed by atoms with van der Waals surface area (Å²) in [7, 11) is 0. The predicted molar refractivity (Wildman–Crippen MR) is 84.0 cm³/mol. The lowest BCUT2D eigenvalue weighted by molar-refractivity contribution is -0.197. The fraction of sp³-hybridized carbons (Fsp3) is 0.278. The molecule has 4 heteroatoms. The van der Waals surface area contributed by atoms with Gasteiger partial charge in [0.25, 0.3) is 0 Å². The third kappa shape index (κ3) is 4.09. The Morgan fingerprint density at radius 1 is 0.864 bits per heavy atom. The summed E-state index contributed by atoms with van der Waals surface area (Å²) >= 11 is 0. The molecule has 1 unspecified atom stereocenters. The minimum absolute atomic E-state index is 0.331. The summed E-state index contributed by atoms with van der Waals surface area (Å²) in [6.07, 6.45) is 2.49. The average molecular weight is 297 g/mol. The fourth-order valence-electron chi connectivity index (χ4n) is 2.71. The van der Waals surface area contributed by atoms with E-state index in [1.165, 1.54) is 11.1 Å². The molecule has 1 atom stereocenters. The lowest BCUT2D eigenvalue weighted by Gasteiger charge is -2.16. The number of hydrogen-bond donors (Lipinski definition) is 1. The van der Waals surface area contributed by atoms with Crippen molar-refractivity contribution in [2.45, 2.75) is 25.7 Å². The van der Waals surface area contributed by atoms with Gasteiger partial charge in [-0.25, -0.2) is 0 Å². The molecule has 1 N–H and O–H groups in total. The standard InChI is InChI=1S/C18H19NO3/c20-18-21-17(19-22-18)13-16(11-14-7-3-1-4-8-14)12-15-9-5-2-6-10-15/h1-10,16,18,20H,11-13H2. The van der Waals surface area contributed by atoms with Gasteiger partial charge >= 0.3 is 6.48 Å². The lowest BCUT2D eigenvalue weighted by atomic mass is 9.90. The van der Waals surface area contributed by atoms with Gasteiger partial charge in [0, 0.05) is 6.42 Å². The molecule has 4 nitrogen and oxygen atoms in total. The molecule has 114 valence electrons. The molecule has 1 aliphatic heterocycles. The van der Waals surface area contributed by atoms with Crippen LogP contribution in [-0.4, -0.2) is 17.5 Å². The zero-order valence-electron chi connectivity index (χ0n) is 12.3. The molecule has 0 spiro atoms. The van der Waals surface area contributed by atoms with Crippen LogP contribution in [0.3, 0.4) is 0 Å². The molecule has 0 fully saturated rings. The monoisotopic (exact) mass is 297 g/mol. The SMILES string of the molecule is OC1ON=C(CC(Cc2ccccc2)Cc2ccccc2)O1. The number of ether oxygens (including phenoxy) is 1. The normalized spacial score (nSPS) is 17.0. The van der Waals surface area contributed by atoms with Crippen LogP contribution < -0.4 is 0 Å². The molecule has 1 heterocycles. The molecular formula is C18H19NO3. The molecule has 0 aromatic heterocycles. The van der Waals surface area contributed by atoms with E-state index >= 15 is 0 Å². The molecule has 1 aliphatic rings. The molecule has 3 rings (SSSR count). The first-order valence-electron chi connectivity index (χ1n) is 7.45. The van der Waals surface area contributed by atoms with Crippen molar-refractivity contribution in [2.24, 2.45) is 11.1 Å². The van der Waals surface area contributed by atoms with Gasteiger partial charge in [0.1, 0.15) is 0 Å². The van der Waals surface area contributed by atoms with E-state index in [9.17, 15) is 5.11 Å². The number of aliphatic hydroxyl groups is 1. The van der Waals surface area contributed by atoms with E-state index in [0.29, 0.717) is 18.2 Å². The zero-order chi connectivity index (χ0) is 15.2. The minimum Gasteiger partial charge on any atom is -0.414 e. The third-order valence-electron chi connectivity index (χ3n) is 3.68. The molecule has 0 radical (unpaired) electrons. The number of nitrogens with zero attached hydrogens (tertiary/aromatic N) is 1. The van der Waals surface area contributed by atoms with E-state index in [4.69, 9.17) is 4.74 Å². The van der Waals surface area contributed by atoms with Gasteiger partial charge < -0.3 is 14.7 Å². The van der Waals surface area contributed by atoms with Crippen molar-refractivity contribution in [2.75, 3.05) is 0 Å². The average Bonchev–Trinajstić information content (AvgIpc) is 2.94. The van der Waals surface area contributed by atoms with Crippen molar-refractivity contribution in [1.29, 1.82) is 0 Å². The second-order valence-electron chi connectivity index (χ2n) is 5.46. The van der Waals surface area contributed by atoms with Crippen molar-refractivity contribution < 1.29 is 14.7 Å². The summed E-state index contributed by atoms with van der Waals surface area (Å²) in [5.74, 6) is 0.793. The maximum atomic E-state index is 9.23. The van der Waals surface area contributed by atoms with Crippen LogP contribution in [0.1, 0.15) is 17.5 Å². The zero-order valence-corrected chi connectivity index (χ0v) is 12.3. The first kappa shape index (κ1) is 14.6. The van der Waals surface area contributed by atoms with Crippen LogP contribution in [0.15, 0.2) is 65.8 Å². The lowest BCUT2D eigenvalue weighted by Crippen LogP contribution is -2.17. The van der Waals surface area contributed by atoms with E-state index in [0.717, 1.165) is 12.8 Å². The Labute approximate surface area is 130 Å². The van der Waals surface area contributed by atoms with Crippen molar-refractivity contribution in [3.05, 3.63) is 71.8 Å². The summed E-state index contributed by atoms with van der Waals surface area (Å²) in [6, 6.07) is 20.7. The van der Waals surface area contributed by atoms with Gasteiger partial charge in [0.15, 0.2) is 0 Å². The van der Waals surface area contributed by atoms with Gasteiger partial charge in [-0.15, -0.1) is 0 Å². The quantitative estimate of drug-likeness (QED) is 0.891. The van der Waals surface area contributed by atoms with Crippen molar-refractivity contribution in [3.63, 3.8) is 0 Å². The largest absolute Gasteiger partial charge is 0.414 e.